The molecule has 0 aliphatic rings. The third kappa shape index (κ3) is 1.82. The van der Waals surface area contributed by atoms with Gasteiger partial charge >= 0.3 is 0 Å². The number of primary sulfonamides is 1. The molecular weight excluding hydrogens is 228 g/mol. The van der Waals surface area contributed by atoms with Crippen molar-refractivity contribution in [2.24, 2.45) is 5.14 Å². The standard InChI is InChI=1S/C9H10N4O2S/c1-6-7(8-5-11-13-12-8)3-2-4-9(6)16(10,14)15/h2-5H,1H3,(H2,10,14,15)(H,11,12,13). The third-order valence-electron chi connectivity index (χ3n) is 2.28. The number of hydrogen-bond donors (Lipinski definition) is 2. The summed E-state index contributed by atoms with van der Waals surface area (Å²) in [5.41, 5.74) is 1.85. The van der Waals surface area contributed by atoms with Gasteiger partial charge < -0.3 is 0 Å². The Labute approximate surface area is 92.5 Å². The smallest absolute Gasteiger partial charge is 0.238 e. The minimum absolute atomic E-state index is 0.105. The number of hydrogen-bond acceptors (Lipinski definition) is 4. The molecule has 0 fully saturated rings. The van der Waals surface area contributed by atoms with Gasteiger partial charge in [-0.05, 0) is 18.6 Å². The summed E-state index contributed by atoms with van der Waals surface area (Å²) in [5, 5.41) is 15.1. The van der Waals surface area contributed by atoms with E-state index in [1.165, 1.54) is 6.07 Å². The molecule has 0 saturated carbocycles. The summed E-state index contributed by atoms with van der Waals surface area (Å²) in [6.07, 6.45) is 1.59. The molecule has 0 unspecified atom stereocenters. The van der Waals surface area contributed by atoms with E-state index < -0.39 is 10.0 Å². The Kier molecular flexibility index (Phi) is 2.49. The normalized spacial score (nSPS) is 11.6. The van der Waals surface area contributed by atoms with Crippen LogP contribution in [-0.4, -0.2) is 23.8 Å². The van der Waals surface area contributed by atoms with Crippen LogP contribution < -0.4 is 5.14 Å². The SMILES string of the molecule is Cc1c(-c2c[nH]nn2)cccc1S(N)(=O)=O. The summed E-state index contributed by atoms with van der Waals surface area (Å²) in [7, 11) is -3.71. The molecule has 1 aromatic carbocycles. The van der Waals surface area contributed by atoms with Gasteiger partial charge in [-0.2, -0.15) is 0 Å². The summed E-state index contributed by atoms with van der Waals surface area (Å²) in [5.74, 6) is 0. The highest BCUT2D eigenvalue weighted by Crippen LogP contribution is 2.25. The van der Waals surface area contributed by atoms with E-state index in [1.54, 1.807) is 25.3 Å². The zero-order valence-electron chi connectivity index (χ0n) is 8.51. The van der Waals surface area contributed by atoms with Crippen molar-refractivity contribution in [2.75, 3.05) is 0 Å². The number of nitrogens with one attached hydrogen (secondary N) is 1. The number of nitrogens with zero attached hydrogens (tertiary/aromatic N) is 2. The molecule has 16 heavy (non-hydrogen) atoms. The zero-order valence-corrected chi connectivity index (χ0v) is 9.32. The largest absolute Gasteiger partial charge is 0.265 e. The van der Waals surface area contributed by atoms with E-state index in [-0.39, 0.29) is 4.90 Å². The highest BCUT2D eigenvalue weighted by molar-refractivity contribution is 7.89. The molecule has 3 N–H and O–H groups in total. The minimum Gasteiger partial charge on any atom is -0.265 e. The van der Waals surface area contributed by atoms with Gasteiger partial charge in [0, 0.05) is 11.8 Å². The Morgan fingerprint density at radius 2 is 2.12 bits per heavy atom. The quantitative estimate of drug-likeness (QED) is 0.791. The monoisotopic (exact) mass is 238 g/mol. The maximum absolute atomic E-state index is 11.3. The second-order valence-corrected chi connectivity index (χ2v) is 4.86. The molecule has 2 rings (SSSR count). The van der Waals surface area contributed by atoms with Crippen molar-refractivity contribution >= 4 is 10.0 Å². The van der Waals surface area contributed by atoms with Gasteiger partial charge in [-0.3, -0.25) is 5.10 Å². The number of nitrogens with two attached hydrogens (primary N) is 1. The predicted molar refractivity (Wildman–Crippen MR) is 57.9 cm³/mol. The van der Waals surface area contributed by atoms with Gasteiger partial charge in [0.15, 0.2) is 0 Å². The van der Waals surface area contributed by atoms with Gasteiger partial charge in [0.25, 0.3) is 0 Å². The van der Waals surface area contributed by atoms with Crippen LogP contribution in [0.4, 0.5) is 0 Å². The molecule has 0 amide bonds. The lowest BCUT2D eigenvalue weighted by atomic mass is 10.1. The highest BCUT2D eigenvalue weighted by atomic mass is 32.2. The fraction of sp³-hybridized carbons (Fsp3) is 0.111. The van der Waals surface area contributed by atoms with Gasteiger partial charge in [0.05, 0.1) is 4.90 Å². The number of aromatic amines is 1. The fourth-order valence-corrected chi connectivity index (χ4v) is 2.34. The van der Waals surface area contributed by atoms with Gasteiger partial charge in [-0.25, -0.2) is 13.6 Å². The second kappa shape index (κ2) is 3.69. The average molecular weight is 238 g/mol. The van der Waals surface area contributed by atoms with Crippen LogP contribution in [-0.2, 0) is 10.0 Å². The number of rotatable bonds is 2. The van der Waals surface area contributed by atoms with Crippen molar-refractivity contribution in [3.63, 3.8) is 0 Å². The van der Waals surface area contributed by atoms with Crippen LogP contribution in [0.25, 0.3) is 11.3 Å². The van der Waals surface area contributed by atoms with Crippen LogP contribution in [0.15, 0.2) is 29.3 Å². The van der Waals surface area contributed by atoms with E-state index >= 15 is 0 Å². The molecule has 2 aromatic rings. The number of benzene rings is 1. The molecule has 6 nitrogen and oxygen atoms in total. The van der Waals surface area contributed by atoms with E-state index in [0.717, 1.165) is 0 Å². The predicted octanol–water partition coefficient (Wildman–Crippen LogP) is 0.428. The van der Waals surface area contributed by atoms with Crippen LogP contribution >= 0.6 is 0 Å². The molecule has 0 spiro atoms. The summed E-state index contributed by atoms with van der Waals surface area (Å²) >= 11 is 0. The number of aromatic nitrogens is 3. The van der Waals surface area contributed by atoms with Crippen LogP contribution in [0, 0.1) is 6.92 Å². The van der Waals surface area contributed by atoms with E-state index in [0.29, 0.717) is 16.8 Å². The molecule has 0 aliphatic carbocycles. The van der Waals surface area contributed by atoms with Crippen LogP contribution in [0.5, 0.6) is 0 Å². The van der Waals surface area contributed by atoms with Crippen molar-refractivity contribution in [1.82, 2.24) is 15.4 Å². The van der Waals surface area contributed by atoms with Gasteiger partial charge in [-0.1, -0.05) is 17.3 Å². The third-order valence-corrected chi connectivity index (χ3v) is 3.34. The van der Waals surface area contributed by atoms with Gasteiger partial charge in [0.2, 0.25) is 10.0 Å². The second-order valence-electron chi connectivity index (χ2n) is 3.33. The molecule has 7 heteroatoms. The van der Waals surface area contributed by atoms with Crippen molar-refractivity contribution in [3.8, 4) is 11.3 Å². The first-order valence-corrected chi connectivity index (χ1v) is 6.04. The summed E-state index contributed by atoms with van der Waals surface area (Å²) in [6, 6.07) is 4.85. The number of sulfonamides is 1. The van der Waals surface area contributed by atoms with E-state index in [1.807, 2.05) is 0 Å². The van der Waals surface area contributed by atoms with E-state index in [9.17, 15) is 8.42 Å². The van der Waals surface area contributed by atoms with E-state index in [2.05, 4.69) is 15.4 Å². The summed E-state index contributed by atoms with van der Waals surface area (Å²) < 4.78 is 22.6. The Balaban J connectivity index is 2.67. The molecule has 0 aliphatic heterocycles. The maximum Gasteiger partial charge on any atom is 0.238 e. The molecule has 0 bridgehead atoms. The minimum atomic E-state index is -3.71. The van der Waals surface area contributed by atoms with Gasteiger partial charge in [0.1, 0.15) is 5.69 Å². The van der Waals surface area contributed by atoms with Crippen LogP contribution in [0.1, 0.15) is 5.56 Å². The topological polar surface area (TPSA) is 102 Å². The lowest BCUT2D eigenvalue weighted by molar-refractivity contribution is 0.597. The van der Waals surface area contributed by atoms with Gasteiger partial charge in [-0.15, -0.1) is 5.10 Å². The Morgan fingerprint density at radius 3 is 2.69 bits per heavy atom. The van der Waals surface area contributed by atoms with Crippen molar-refractivity contribution in [2.45, 2.75) is 11.8 Å². The average Bonchev–Trinajstić information content (AvgIpc) is 2.69. The van der Waals surface area contributed by atoms with Crippen molar-refractivity contribution < 1.29 is 8.42 Å². The fourth-order valence-electron chi connectivity index (χ4n) is 1.53. The molecule has 0 radical (unpaired) electrons. The van der Waals surface area contributed by atoms with Crippen LogP contribution in [0.3, 0.4) is 0 Å². The highest BCUT2D eigenvalue weighted by Gasteiger charge is 2.15. The first-order chi connectivity index (χ1) is 7.50. The Bertz CT molecular complexity index is 604. The van der Waals surface area contributed by atoms with E-state index in [4.69, 9.17) is 5.14 Å². The Morgan fingerprint density at radius 1 is 1.38 bits per heavy atom. The molecular formula is C9H10N4O2S. The zero-order chi connectivity index (χ0) is 11.8. The lowest BCUT2D eigenvalue weighted by Gasteiger charge is -2.06. The van der Waals surface area contributed by atoms with Crippen LogP contribution in [0.2, 0.25) is 0 Å². The molecule has 84 valence electrons. The van der Waals surface area contributed by atoms with Crippen molar-refractivity contribution in [1.29, 1.82) is 0 Å². The first kappa shape index (κ1) is 10.8. The maximum atomic E-state index is 11.3. The first-order valence-electron chi connectivity index (χ1n) is 4.49. The molecule has 0 saturated heterocycles. The number of H-pyrrole nitrogens is 1. The summed E-state index contributed by atoms with van der Waals surface area (Å²) in [6.45, 7) is 1.68. The Hall–Kier alpha value is -1.73. The molecule has 1 heterocycles. The molecule has 1 aromatic heterocycles. The summed E-state index contributed by atoms with van der Waals surface area (Å²) in [4.78, 5) is 0.105. The lowest BCUT2D eigenvalue weighted by Crippen LogP contribution is -2.13. The molecule has 0 atom stereocenters. The van der Waals surface area contributed by atoms with Crippen molar-refractivity contribution in [3.05, 3.63) is 30.0 Å².